The molecule has 0 fully saturated rings. The molecule has 3 nitrogen and oxygen atoms in total. The molecule has 2 heterocycles. The fraction of sp³-hybridized carbons (Fsp3) is 0.115. The largest absolute Gasteiger partial charge is 0.454 e. The minimum Gasteiger partial charge on any atom is -0.454 e. The van der Waals surface area contributed by atoms with E-state index in [9.17, 15) is 0 Å². The van der Waals surface area contributed by atoms with Crippen molar-refractivity contribution in [1.82, 2.24) is 4.98 Å². The smallest absolute Gasteiger partial charge is 0.231 e. The summed E-state index contributed by atoms with van der Waals surface area (Å²) in [6, 6.07) is 21.4. The number of hydrogen-bond donors (Lipinski definition) is 0. The van der Waals surface area contributed by atoms with Gasteiger partial charge in [0.1, 0.15) is 0 Å². The molecule has 1 aliphatic carbocycles. The first-order valence-corrected chi connectivity index (χ1v) is 9.81. The van der Waals surface area contributed by atoms with E-state index in [4.69, 9.17) is 14.5 Å². The molecule has 0 radical (unpaired) electrons. The van der Waals surface area contributed by atoms with Crippen LogP contribution in [0.1, 0.15) is 27.9 Å². The fourth-order valence-corrected chi connectivity index (χ4v) is 4.48. The maximum atomic E-state index is 5.57. The lowest BCUT2D eigenvalue weighted by Gasteiger charge is -2.08. The van der Waals surface area contributed by atoms with Gasteiger partial charge in [0.25, 0.3) is 0 Å². The van der Waals surface area contributed by atoms with Crippen LogP contribution >= 0.6 is 0 Å². The highest BCUT2D eigenvalue weighted by atomic mass is 16.7. The van der Waals surface area contributed by atoms with E-state index >= 15 is 0 Å². The number of rotatable bonds is 1. The highest BCUT2D eigenvalue weighted by Gasteiger charge is 2.24. The number of benzene rings is 3. The predicted molar refractivity (Wildman–Crippen MR) is 116 cm³/mol. The summed E-state index contributed by atoms with van der Waals surface area (Å²) in [6.07, 6.45) is 2.24. The van der Waals surface area contributed by atoms with Crippen molar-refractivity contribution in [3.63, 3.8) is 0 Å². The third-order valence-electron chi connectivity index (χ3n) is 5.79. The molecule has 1 aromatic heterocycles. The number of aryl methyl sites for hydroxylation is 2. The highest BCUT2D eigenvalue weighted by molar-refractivity contribution is 6.09. The molecule has 4 aromatic rings. The van der Waals surface area contributed by atoms with Crippen LogP contribution < -0.4 is 9.47 Å². The van der Waals surface area contributed by atoms with Crippen LogP contribution in [0.25, 0.3) is 33.7 Å². The van der Waals surface area contributed by atoms with Gasteiger partial charge in [0, 0.05) is 11.1 Å². The molecule has 0 amide bonds. The third kappa shape index (κ3) is 2.47. The summed E-state index contributed by atoms with van der Waals surface area (Å²) >= 11 is 0. The van der Waals surface area contributed by atoms with Gasteiger partial charge in [-0.15, -0.1) is 0 Å². The second-order valence-electron chi connectivity index (χ2n) is 7.71. The number of fused-ring (bicyclic) bond motifs is 5. The molecular weight excluding hydrogens is 358 g/mol. The van der Waals surface area contributed by atoms with Crippen LogP contribution in [0, 0.1) is 13.8 Å². The number of nitrogens with zero attached hydrogens (tertiary/aromatic N) is 1. The zero-order valence-corrected chi connectivity index (χ0v) is 16.3. The van der Waals surface area contributed by atoms with Crippen molar-refractivity contribution in [3.05, 3.63) is 88.6 Å². The molecule has 2 aliphatic rings. The normalized spacial score (nSPS) is 15.0. The topological polar surface area (TPSA) is 31.4 Å². The molecule has 0 unspecified atom stereocenters. The van der Waals surface area contributed by atoms with E-state index in [1.54, 1.807) is 0 Å². The number of pyridine rings is 1. The quantitative estimate of drug-likeness (QED) is 0.351. The Labute approximate surface area is 169 Å². The lowest BCUT2D eigenvalue weighted by molar-refractivity contribution is 0.174. The minimum atomic E-state index is 0.289. The minimum absolute atomic E-state index is 0.289. The maximum absolute atomic E-state index is 5.57. The van der Waals surface area contributed by atoms with Gasteiger partial charge in [-0.1, -0.05) is 30.3 Å². The van der Waals surface area contributed by atoms with Crippen molar-refractivity contribution < 1.29 is 9.47 Å². The summed E-state index contributed by atoms with van der Waals surface area (Å²) in [5.74, 6) is 1.61. The molecule has 0 N–H and O–H groups in total. The Balaban J connectivity index is 1.61. The Hall–Kier alpha value is -3.59. The monoisotopic (exact) mass is 377 g/mol. The molecule has 0 bridgehead atoms. The van der Waals surface area contributed by atoms with Crippen molar-refractivity contribution >= 4 is 22.6 Å². The van der Waals surface area contributed by atoms with Crippen LogP contribution in [0.2, 0.25) is 0 Å². The summed E-state index contributed by atoms with van der Waals surface area (Å²) in [7, 11) is 0. The van der Waals surface area contributed by atoms with Gasteiger partial charge in [-0.05, 0) is 89.2 Å². The van der Waals surface area contributed by atoms with E-state index in [1.807, 2.05) is 12.1 Å². The lowest BCUT2D eigenvalue weighted by atomic mass is 9.98. The van der Waals surface area contributed by atoms with E-state index in [0.29, 0.717) is 0 Å². The van der Waals surface area contributed by atoms with E-state index in [2.05, 4.69) is 68.5 Å². The van der Waals surface area contributed by atoms with E-state index in [0.717, 1.165) is 28.3 Å². The molecule has 140 valence electrons. The van der Waals surface area contributed by atoms with Crippen molar-refractivity contribution in [2.24, 2.45) is 0 Å². The van der Waals surface area contributed by atoms with Crippen LogP contribution in [0.3, 0.4) is 0 Å². The molecule has 0 saturated carbocycles. The highest BCUT2D eigenvalue weighted by Crippen LogP contribution is 2.47. The van der Waals surface area contributed by atoms with Crippen LogP contribution in [0.15, 0.2) is 60.7 Å². The fourth-order valence-electron chi connectivity index (χ4n) is 4.48. The Morgan fingerprint density at radius 1 is 0.793 bits per heavy atom. The average molecular weight is 377 g/mol. The molecule has 29 heavy (non-hydrogen) atoms. The van der Waals surface area contributed by atoms with Gasteiger partial charge in [0.15, 0.2) is 11.5 Å². The summed E-state index contributed by atoms with van der Waals surface area (Å²) in [5.41, 5.74) is 10.7. The first kappa shape index (κ1) is 16.4. The molecule has 0 saturated heterocycles. The van der Waals surface area contributed by atoms with Crippen molar-refractivity contribution in [3.8, 4) is 22.6 Å². The van der Waals surface area contributed by atoms with Crippen molar-refractivity contribution in [1.29, 1.82) is 0 Å². The van der Waals surface area contributed by atoms with Gasteiger partial charge < -0.3 is 9.47 Å². The number of hydrogen-bond acceptors (Lipinski definition) is 3. The van der Waals surface area contributed by atoms with Gasteiger partial charge in [-0.25, -0.2) is 0 Å². The second kappa shape index (κ2) is 5.95. The predicted octanol–water partition coefficient (Wildman–Crippen LogP) is 6.15. The van der Waals surface area contributed by atoms with Gasteiger partial charge >= 0.3 is 0 Å². The molecule has 6 rings (SSSR count). The van der Waals surface area contributed by atoms with Crippen molar-refractivity contribution in [2.75, 3.05) is 6.79 Å². The van der Waals surface area contributed by atoms with Gasteiger partial charge in [0.05, 0.1) is 5.52 Å². The zero-order chi connectivity index (χ0) is 19.5. The Morgan fingerprint density at radius 3 is 2.52 bits per heavy atom. The lowest BCUT2D eigenvalue weighted by Crippen LogP contribution is -1.92. The second-order valence-corrected chi connectivity index (χ2v) is 7.71. The van der Waals surface area contributed by atoms with Gasteiger partial charge in [0.2, 0.25) is 6.79 Å². The Bertz CT molecular complexity index is 1350. The molecule has 0 spiro atoms. The summed E-state index contributed by atoms with van der Waals surface area (Å²) < 4.78 is 11.0. The molecule has 1 aliphatic heterocycles. The van der Waals surface area contributed by atoms with Crippen LogP contribution in [-0.4, -0.2) is 11.8 Å². The summed E-state index contributed by atoms with van der Waals surface area (Å²) in [6.45, 7) is 4.50. The standard InChI is InChI=1S/C26H19NO2/c1-15-9-16(2)27-24-13-23-21(10-17-7-8-25-26(11-17)29-14-28-25)18-5-3-4-6-19(18)22(23)12-20(15)24/h3-13H,14H2,1-2H3/b21-10-. The zero-order valence-electron chi connectivity index (χ0n) is 16.3. The SMILES string of the molecule is Cc1cc(C)c2cc3c(cc2n1)/C(=C\c1ccc2c(c1)OCO2)c1ccccc1-3. The van der Waals surface area contributed by atoms with Crippen LogP contribution in [0.5, 0.6) is 11.5 Å². The average Bonchev–Trinajstić information content (AvgIpc) is 3.30. The molecule has 3 heteroatoms. The van der Waals surface area contributed by atoms with E-state index in [-0.39, 0.29) is 6.79 Å². The van der Waals surface area contributed by atoms with Crippen LogP contribution in [-0.2, 0) is 0 Å². The summed E-state index contributed by atoms with van der Waals surface area (Å²) in [5, 5.41) is 1.22. The molecule has 3 aromatic carbocycles. The third-order valence-corrected chi connectivity index (χ3v) is 5.79. The maximum Gasteiger partial charge on any atom is 0.231 e. The van der Waals surface area contributed by atoms with Gasteiger partial charge in [-0.2, -0.15) is 0 Å². The van der Waals surface area contributed by atoms with E-state index < -0.39 is 0 Å². The van der Waals surface area contributed by atoms with Crippen LogP contribution in [0.4, 0.5) is 0 Å². The van der Waals surface area contributed by atoms with E-state index in [1.165, 1.54) is 38.8 Å². The first-order chi connectivity index (χ1) is 14.2. The number of aromatic nitrogens is 1. The Kier molecular flexibility index (Phi) is 3.36. The summed E-state index contributed by atoms with van der Waals surface area (Å²) in [4.78, 5) is 4.80. The van der Waals surface area contributed by atoms with Crippen molar-refractivity contribution in [2.45, 2.75) is 13.8 Å². The molecular formula is C26H19NO2. The number of ether oxygens (including phenoxy) is 2. The van der Waals surface area contributed by atoms with Gasteiger partial charge in [-0.3, -0.25) is 4.98 Å². The Morgan fingerprint density at radius 2 is 1.62 bits per heavy atom. The molecule has 0 atom stereocenters. The first-order valence-electron chi connectivity index (χ1n) is 9.81.